The molecule has 0 amide bonds. The van der Waals surface area contributed by atoms with Crippen LogP contribution in [-0.4, -0.2) is 13.1 Å². The third-order valence-corrected chi connectivity index (χ3v) is 3.15. The molecule has 2 rings (SSSR count). The molecule has 0 fully saturated rings. The molecule has 0 aromatic heterocycles. The van der Waals surface area contributed by atoms with Gasteiger partial charge in [0.15, 0.2) is 0 Å². The molecule has 2 aromatic carbocycles. The third-order valence-electron chi connectivity index (χ3n) is 3.15. The number of hydrogen-bond acceptors (Lipinski definition) is 3. The van der Waals surface area contributed by atoms with Crippen molar-refractivity contribution in [3.8, 4) is 0 Å². The smallest absolute Gasteiger partial charge is 0.309 e. The quantitative estimate of drug-likeness (QED) is 0.830. The van der Waals surface area contributed by atoms with Crippen molar-refractivity contribution in [2.45, 2.75) is 19.5 Å². The van der Waals surface area contributed by atoms with E-state index < -0.39 is 0 Å². The number of nitrogens with one attached hydrogen (secondary N) is 1. The first kappa shape index (κ1) is 15.2. The van der Waals surface area contributed by atoms with Gasteiger partial charge in [0.2, 0.25) is 0 Å². The molecule has 0 aliphatic heterocycles. The summed E-state index contributed by atoms with van der Waals surface area (Å²) in [5.74, 6) is -0.464. The van der Waals surface area contributed by atoms with E-state index in [1.807, 2.05) is 30.3 Å². The lowest BCUT2D eigenvalue weighted by molar-refractivity contribution is -0.139. The van der Waals surface area contributed by atoms with E-state index in [1.165, 1.54) is 19.2 Å². The van der Waals surface area contributed by atoms with E-state index in [0.29, 0.717) is 13.1 Å². The largest absolute Gasteiger partial charge is 0.469 e. The number of rotatable bonds is 6. The Morgan fingerprint density at radius 3 is 2.38 bits per heavy atom. The molecule has 0 aliphatic rings. The molecular formula is C17H18FNO2. The van der Waals surface area contributed by atoms with Gasteiger partial charge >= 0.3 is 5.97 Å². The minimum Gasteiger partial charge on any atom is -0.469 e. The van der Waals surface area contributed by atoms with Crippen LogP contribution >= 0.6 is 0 Å². The maximum absolute atomic E-state index is 13.0. The van der Waals surface area contributed by atoms with Gasteiger partial charge in [-0.25, -0.2) is 4.39 Å². The predicted molar refractivity (Wildman–Crippen MR) is 79.1 cm³/mol. The van der Waals surface area contributed by atoms with Crippen LogP contribution in [0.2, 0.25) is 0 Å². The van der Waals surface area contributed by atoms with Crippen LogP contribution in [0, 0.1) is 5.82 Å². The number of methoxy groups -OCH3 is 1. The summed E-state index contributed by atoms with van der Waals surface area (Å²) < 4.78 is 17.7. The molecule has 1 N–H and O–H groups in total. The van der Waals surface area contributed by atoms with Crippen LogP contribution in [0.5, 0.6) is 0 Å². The average molecular weight is 287 g/mol. The zero-order valence-electron chi connectivity index (χ0n) is 11.9. The van der Waals surface area contributed by atoms with E-state index in [2.05, 4.69) is 10.1 Å². The number of benzene rings is 2. The maximum atomic E-state index is 13.0. The molecule has 110 valence electrons. The summed E-state index contributed by atoms with van der Waals surface area (Å²) in [6, 6.07) is 14.3. The molecule has 4 heteroatoms. The van der Waals surface area contributed by atoms with Gasteiger partial charge in [-0.2, -0.15) is 0 Å². The fraction of sp³-hybridized carbons (Fsp3) is 0.235. The molecule has 0 aliphatic carbocycles. The van der Waals surface area contributed by atoms with Crippen molar-refractivity contribution in [3.05, 3.63) is 71.0 Å². The molecule has 0 unspecified atom stereocenters. The lowest BCUT2D eigenvalue weighted by Gasteiger charge is -2.06. The van der Waals surface area contributed by atoms with E-state index in [1.54, 1.807) is 6.07 Å². The van der Waals surface area contributed by atoms with Gasteiger partial charge in [0.1, 0.15) is 5.82 Å². The van der Waals surface area contributed by atoms with Crippen molar-refractivity contribution in [1.29, 1.82) is 0 Å². The first-order valence-electron chi connectivity index (χ1n) is 6.77. The topological polar surface area (TPSA) is 38.3 Å². The third kappa shape index (κ3) is 5.00. The summed E-state index contributed by atoms with van der Waals surface area (Å²) in [7, 11) is 1.38. The lowest BCUT2D eigenvalue weighted by Crippen LogP contribution is -2.12. The Labute approximate surface area is 123 Å². The second-order valence-electron chi connectivity index (χ2n) is 4.80. The van der Waals surface area contributed by atoms with Gasteiger partial charge in [0.05, 0.1) is 13.5 Å². The second-order valence-corrected chi connectivity index (χ2v) is 4.80. The molecule has 0 saturated heterocycles. The predicted octanol–water partition coefficient (Wildman–Crippen LogP) is 2.83. The van der Waals surface area contributed by atoms with Gasteiger partial charge in [0, 0.05) is 13.1 Å². The van der Waals surface area contributed by atoms with Crippen LogP contribution in [0.4, 0.5) is 4.39 Å². The number of carbonyl (C=O) groups is 1. The summed E-state index contributed by atoms with van der Waals surface area (Å²) in [5, 5.41) is 3.26. The standard InChI is InChI=1S/C17H18FNO2/c1-21-17(20)10-13-5-7-14(8-6-13)11-19-12-15-3-2-4-16(18)9-15/h2-9,19H,10-12H2,1H3. The van der Waals surface area contributed by atoms with Crippen LogP contribution in [0.1, 0.15) is 16.7 Å². The van der Waals surface area contributed by atoms with E-state index in [9.17, 15) is 9.18 Å². The van der Waals surface area contributed by atoms with E-state index in [4.69, 9.17) is 0 Å². The second kappa shape index (κ2) is 7.55. The number of hydrogen-bond donors (Lipinski definition) is 1. The van der Waals surface area contributed by atoms with Crippen molar-refractivity contribution >= 4 is 5.97 Å². The van der Waals surface area contributed by atoms with Crippen LogP contribution in [-0.2, 0) is 29.0 Å². The lowest BCUT2D eigenvalue weighted by atomic mass is 10.1. The molecular weight excluding hydrogens is 269 g/mol. The highest BCUT2D eigenvalue weighted by Crippen LogP contribution is 2.07. The highest BCUT2D eigenvalue weighted by Gasteiger charge is 2.02. The Morgan fingerprint density at radius 2 is 1.71 bits per heavy atom. The van der Waals surface area contributed by atoms with E-state index in [0.717, 1.165) is 16.7 Å². The van der Waals surface area contributed by atoms with Crippen LogP contribution in [0.3, 0.4) is 0 Å². The Kier molecular flexibility index (Phi) is 5.46. The molecule has 0 bridgehead atoms. The average Bonchev–Trinajstić information content (AvgIpc) is 2.49. The van der Waals surface area contributed by atoms with Gasteiger partial charge in [-0.1, -0.05) is 36.4 Å². The minimum atomic E-state index is -0.244. The zero-order valence-corrected chi connectivity index (χ0v) is 11.9. The summed E-state index contributed by atoms with van der Waals surface area (Å²) in [4.78, 5) is 11.2. The number of esters is 1. The fourth-order valence-corrected chi connectivity index (χ4v) is 2.01. The highest BCUT2D eigenvalue weighted by molar-refractivity contribution is 5.72. The molecule has 0 heterocycles. The Hall–Kier alpha value is -2.20. The maximum Gasteiger partial charge on any atom is 0.309 e. The van der Waals surface area contributed by atoms with Crippen molar-refractivity contribution in [2.75, 3.05) is 7.11 Å². The number of ether oxygens (including phenoxy) is 1. The number of carbonyl (C=O) groups excluding carboxylic acids is 1. The molecule has 0 radical (unpaired) electrons. The fourth-order valence-electron chi connectivity index (χ4n) is 2.01. The Morgan fingerprint density at radius 1 is 1.05 bits per heavy atom. The SMILES string of the molecule is COC(=O)Cc1ccc(CNCc2cccc(F)c2)cc1. The van der Waals surface area contributed by atoms with Gasteiger partial charge in [-0.05, 0) is 28.8 Å². The Balaban J connectivity index is 1.82. The summed E-state index contributed by atoms with van der Waals surface area (Å²) in [6.07, 6.45) is 0.285. The molecule has 0 spiro atoms. The number of halogens is 1. The monoisotopic (exact) mass is 287 g/mol. The van der Waals surface area contributed by atoms with Crippen LogP contribution in [0.25, 0.3) is 0 Å². The summed E-state index contributed by atoms with van der Waals surface area (Å²) >= 11 is 0. The summed E-state index contributed by atoms with van der Waals surface area (Å²) in [6.45, 7) is 1.30. The van der Waals surface area contributed by atoms with E-state index >= 15 is 0 Å². The molecule has 3 nitrogen and oxygen atoms in total. The van der Waals surface area contributed by atoms with Crippen molar-refractivity contribution in [3.63, 3.8) is 0 Å². The normalized spacial score (nSPS) is 10.4. The van der Waals surface area contributed by atoms with Gasteiger partial charge in [-0.3, -0.25) is 4.79 Å². The van der Waals surface area contributed by atoms with Crippen molar-refractivity contribution < 1.29 is 13.9 Å². The first-order valence-corrected chi connectivity index (χ1v) is 6.77. The van der Waals surface area contributed by atoms with Gasteiger partial charge in [0.25, 0.3) is 0 Å². The van der Waals surface area contributed by atoms with Crippen molar-refractivity contribution in [1.82, 2.24) is 5.32 Å². The zero-order chi connectivity index (χ0) is 15.1. The van der Waals surface area contributed by atoms with Gasteiger partial charge in [-0.15, -0.1) is 0 Å². The Bertz CT molecular complexity index is 596. The van der Waals surface area contributed by atoms with E-state index in [-0.39, 0.29) is 18.2 Å². The first-order chi connectivity index (χ1) is 10.2. The summed E-state index contributed by atoms with van der Waals surface area (Å²) in [5.41, 5.74) is 2.95. The molecule has 0 saturated carbocycles. The molecule has 21 heavy (non-hydrogen) atoms. The molecule has 2 aromatic rings. The van der Waals surface area contributed by atoms with Crippen LogP contribution in [0.15, 0.2) is 48.5 Å². The highest BCUT2D eigenvalue weighted by atomic mass is 19.1. The van der Waals surface area contributed by atoms with Crippen molar-refractivity contribution in [2.24, 2.45) is 0 Å². The minimum absolute atomic E-state index is 0.221. The molecule has 0 atom stereocenters. The van der Waals surface area contributed by atoms with Crippen LogP contribution < -0.4 is 5.32 Å². The van der Waals surface area contributed by atoms with Gasteiger partial charge < -0.3 is 10.1 Å².